The van der Waals surface area contributed by atoms with Gasteiger partial charge in [0.15, 0.2) is 0 Å². The van der Waals surface area contributed by atoms with Gasteiger partial charge in [0, 0.05) is 0 Å². The van der Waals surface area contributed by atoms with Gasteiger partial charge in [0.2, 0.25) is 0 Å². The van der Waals surface area contributed by atoms with Crippen molar-refractivity contribution in [3.8, 4) is 0 Å². The monoisotopic (exact) mass is 184 g/mol. The van der Waals surface area contributed by atoms with Gasteiger partial charge in [-0.25, -0.2) is 0 Å². The highest BCUT2D eigenvalue weighted by atomic mass is 16.3. The lowest BCUT2D eigenvalue weighted by Gasteiger charge is -2.08. The molecule has 2 unspecified atom stereocenters. The number of aliphatic hydroxyl groups is 1. The smallest absolute Gasteiger partial charge is 0.148 e. The summed E-state index contributed by atoms with van der Waals surface area (Å²) in [6.07, 6.45) is 5.26. The first-order valence-electron chi connectivity index (χ1n) is 4.86. The quantitative estimate of drug-likeness (QED) is 0.507. The molecule has 0 spiro atoms. The summed E-state index contributed by atoms with van der Waals surface area (Å²) in [5.74, 6) is 1.22. The summed E-state index contributed by atoms with van der Waals surface area (Å²) < 4.78 is 0. The first-order valence-corrected chi connectivity index (χ1v) is 4.86. The Morgan fingerprint density at radius 2 is 1.92 bits per heavy atom. The number of carbonyl (C=O) groups is 1. The van der Waals surface area contributed by atoms with Gasteiger partial charge in [0.1, 0.15) is 12.4 Å². The van der Waals surface area contributed by atoms with E-state index in [4.69, 9.17) is 5.11 Å². The molecule has 1 N–H and O–H groups in total. The van der Waals surface area contributed by atoms with Crippen molar-refractivity contribution in [2.45, 2.75) is 39.7 Å². The number of rotatable bonds is 6. The third-order valence-corrected chi connectivity index (χ3v) is 1.84. The van der Waals surface area contributed by atoms with Crippen LogP contribution in [0.4, 0.5) is 0 Å². The highest BCUT2D eigenvalue weighted by Gasteiger charge is 2.01. The average Bonchev–Trinajstić information content (AvgIpc) is 2.02. The molecule has 0 aliphatic heterocycles. The van der Waals surface area contributed by atoms with Crippen LogP contribution < -0.4 is 0 Å². The normalized spacial score (nSPS) is 16.4. The van der Waals surface area contributed by atoms with E-state index < -0.39 is 6.10 Å². The van der Waals surface area contributed by atoms with Gasteiger partial charge in [-0.3, -0.25) is 0 Å². The molecule has 0 aromatic rings. The third kappa shape index (κ3) is 7.72. The predicted molar refractivity (Wildman–Crippen MR) is 54.4 cm³/mol. The largest absolute Gasteiger partial charge is 0.385 e. The van der Waals surface area contributed by atoms with Gasteiger partial charge in [-0.1, -0.05) is 32.9 Å². The van der Waals surface area contributed by atoms with Crippen LogP contribution in [0.25, 0.3) is 0 Å². The van der Waals surface area contributed by atoms with Crippen molar-refractivity contribution < 1.29 is 9.90 Å². The fourth-order valence-corrected chi connectivity index (χ4v) is 1.33. The van der Waals surface area contributed by atoms with E-state index in [9.17, 15) is 4.79 Å². The molecule has 0 rings (SSSR count). The standard InChI is InChI=1S/C11H20O2/c1-9(2)7-10(3)5-4-6-11(13)8-12/h4-5,8-11,13H,6-7H2,1-3H3. The first kappa shape index (κ1) is 12.4. The Morgan fingerprint density at radius 3 is 2.38 bits per heavy atom. The van der Waals surface area contributed by atoms with Crippen molar-refractivity contribution in [1.82, 2.24) is 0 Å². The van der Waals surface area contributed by atoms with E-state index in [2.05, 4.69) is 26.8 Å². The van der Waals surface area contributed by atoms with Crippen molar-refractivity contribution in [3.63, 3.8) is 0 Å². The number of carbonyl (C=O) groups excluding carboxylic acids is 1. The van der Waals surface area contributed by atoms with Gasteiger partial charge in [0.05, 0.1) is 0 Å². The summed E-state index contributed by atoms with van der Waals surface area (Å²) in [5, 5.41) is 8.93. The highest BCUT2D eigenvalue weighted by molar-refractivity contribution is 5.55. The second-order valence-corrected chi connectivity index (χ2v) is 3.97. The van der Waals surface area contributed by atoms with Crippen molar-refractivity contribution in [1.29, 1.82) is 0 Å². The van der Waals surface area contributed by atoms with Crippen molar-refractivity contribution in [3.05, 3.63) is 12.2 Å². The van der Waals surface area contributed by atoms with Crippen LogP contribution in [0.15, 0.2) is 12.2 Å². The highest BCUT2D eigenvalue weighted by Crippen LogP contribution is 2.12. The number of allylic oxidation sites excluding steroid dienone is 1. The van der Waals surface area contributed by atoms with E-state index in [1.807, 2.05) is 6.08 Å². The van der Waals surface area contributed by atoms with Gasteiger partial charge >= 0.3 is 0 Å². The summed E-state index contributed by atoms with van der Waals surface area (Å²) in [6, 6.07) is 0. The molecule has 0 heterocycles. The van der Waals surface area contributed by atoms with Crippen molar-refractivity contribution in [2.24, 2.45) is 11.8 Å². The van der Waals surface area contributed by atoms with E-state index in [1.165, 1.54) is 0 Å². The molecule has 0 aromatic heterocycles. The molecule has 0 aromatic carbocycles. The maximum atomic E-state index is 10.1. The zero-order chi connectivity index (χ0) is 10.3. The number of aldehydes is 1. The summed E-state index contributed by atoms with van der Waals surface area (Å²) in [7, 11) is 0. The molecule has 0 fully saturated rings. The number of aliphatic hydroxyl groups excluding tert-OH is 1. The molecular formula is C11H20O2. The molecular weight excluding hydrogens is 164 g/mol. The number of hydrogen-bond donors (Lipinski definition) is 1. The van der Waals surface area contributed by atoms with E-state index >= 15 is 0 Å². The second-order valence-electron chi connectivity index (χ2n) is 3.97. The fraction of sp³-hybridized carbons (Fsp3) is 0.727. The van der Waals surface area contributed by atoms with Crippen LogP contribution in [0.5, 0.6) is 0 Å². The zero-order valence-electron chi connectivity index (χ0n) is 8.73. The van der Waals surface area contributed by atoms with E-state index in [1.54, 1.807) is 0 Å². The third-order valence-electron chi connectivity index (χ3n) is 1.84. The van der Waals surface area contributed by atoms with Crippen molar-refractivity contribution in [2.75, 3.05) is 0 Å². The Bertz CT molecular complexity index is 161. The maximum Gasteiger partial charge on any atom is 0.148 e. The summed E-state index contributed by atoms with van der Waals surface area (Å²) in [5.41, 5.74) is 0. The second kappa shape index (κ2) is 6.84. The van der Waals surface area contributed by atoms with Crippen LogP contribution in [0.2, 0.25) is 0 Å². The summed E-state index contributed by atoms with van der Waals surface area (Å²) in [4.78, 5) is 10.1. The lowest BCUT2D eigenvalue weighted by Crippen LogP contribution is -2.05. The number of hydrogen-bond acceptors (Lipinski definition) is 2. The SMILES string of the molecule is CC(C)CC(C)C=CCC(O)C=O. The predicted octanol–water partition coefficient (Wildman–Crippen LogP) is 2.17. The average molecular weight is 184 g/mol. The first-order chi connectivity index (χ1) is 6.06. The Labute approximate surface area is 80.7 Å². The minimum Gasteiger partial charge on any atom is -0.385 e. The minimum atomic E-state index is -0.831. The molecule has 2 heteroatoms. The zero-order valence-corrected chi connectivity index (χ0v) is 8.73. The van der Waals surface area contributed by atoms with Gasteiger partial charge in [0.25, 0.3) is 0 Å². The molecule has 76 valence electrons. The summed E-state index contributed by atoms with van der Waals surface area (Å²) in [6.45, 7) is 6.51. The fourth-order valence-electron chi connectivity index (χ4n) is 1.33. The molecule has 0 aliphatic rings. The van der Waals surface area contributed by atoms with Gasteiger partial charge in [-0.05, 0) is 24.7 Å². The van der Waals surface area contributed by atoms with Crippen LogP contribution in [0, 0.1) is 11.8 Å². The molecule has 2 atom stereocenters. The van der Waals surface area contributed by atoms with E-state index in [0.717, 1.165) is 6.42 Å². The lowest BCUT2D eigenvalue weighted by molar-refractivity contribution is -0.114. The Hall–Kier alpha value is -0.630. The van der Waals surface area contributed by atoms with Crippen LogP contribution in [-0.2, 0) is 4.79 Å². The van der Waals surface area contributed by atoms with Crippen molar-refractivity contribution >= 4 is 6.29 Å². The van der Waals surface area contributed by atoms with E-state index in [0.29, 0.717) is 24.5 Å². The molecule has 0 bridgehead atoms. The van der Waals surface area contributed by atoms with Crippen LogP contribution in [0.3, 0.4) is 0 Å². The molecule has 0 radical (unpaired) electrons. The maximum absolute atomic E-state index is 10.1. The van der Waals surface area contributed by atoms with Crippen LogP contribution >= 0.6 is 0 Å². The van der Waals surface area contributed by atoms with Crippen LogP contribution in [-0.4, -0.2) is 17.5 Å². The lowest BCUT2D eigenvalue weighted by atomic mass is 9.98. The van der Waals surface area contributed by atoms with Gasteiger partial charge in [-0.15, -0.1) is 0 Å². The molecule has 13 heavy (non-hydrogen) atoms. The molecule has 0 saturated carbocycles. The van der Waals surface area contributed by atoms with Gasteiger partial charge in [-0.2, -0.15) is 0 Å². The van der Waals surface area contributed by atoms with Crippen LogP contribution in [0.1, 0.15) is 33.6 Å². The van der Waals surface area contributed by atoms with E-state index in [-0.39, 0.29) is 0 Å². The molecule has 2 nitrogen and oxygen atoms in total. The summed E-state index contributed by atoms with van der Waals surface area (Å²) >= 11 is 0. The Morgan fingerprint density at radius 1 is 1.31 bits per heavy atom. The van der Waals surface area contributed by atoms with Gasteiger partial charge < -0.3 is 9.90 Å². The Balaban J connectivity index is 3.64. The minimum absolute atomic E-state index is 0.436. The topological polar surface area (TPSA) is 37.3 Å². The molecule has 0 saturated heterocycles. The Kier molecular flexibility index (Phi) is 6.51. The molecule has 0 aliphatic carbocycles. The molecule has 0 amide bonds.